The molecule has 1 aliphatic heterocycles. The van der Waals surface area contributed by atoms with Crippen molar-refractivity contribution in [2.75, 3.05) is 18.4 Å². The number of aryl methyl sites for hydroxylation is 1. The first kappa shape index (κ1) is 19.4. The number of piperidine rings is 1. The van der Waals surface area contributed by atoms with E-state index in [1.54, 1.807) is 0 Å². The summed E-state index contributed by atoms with van der Waals surface area (Å²) in [6.45, 7) is 7.02. The molecule has 7 heteroatoms. The molecule has 3 aromatic rings. The topological polar surface area (TPSA) is 75.1 Å². The summed E-state index contributed by atoms with van der Waals surface area (Å²) in [4.78, 5) is 19.0. The summed E-state index contributed by atoms with van der Waals surface area (Å²) >= 11 is 0. The largest absolute Gasteiger partial charge is 0.335 e. The van der Waals surface area contributed by atoms with E-state index in [0.717, 1.165) is 49.1 Å². The highest BCUT2D eigenvalue weighted by atomic mass is 16.2. The second kappa shape index (κ2) is 8.61. The minimum absolute atomic E-state index is 0.146. The Labute approximate surface area is 171 Å². The molecule has 2 N–H and O–H groups in total. The molecule has 29 heavy (non-hydrogen) atoms. The van der Waals surface area contributed by atoms with Gasteiger partial charge in [-0.1, -0.05) is 0 Å². The number of rotatable bonds is 5. The van der Waals surface area contributed by atoms with Crippen molar-refractivity contribution in [3.63, 3.8) is 0 Å². The summed E-state index contributed by atoms with van der Waals surface area (Å²) in [6.07, 6.45) is 7.43. The number of hydrogen-bond acceptors (Lipinski definition) is 4. The van der Waals surface area contributed by atoms with Gasteiger partial charge >= 0.3 is 6.03 Å². The second-order valence-electron chi connectivity index (χ2n) is 7.60. The minimum atomic E-state index is -0.146. The van der Waals surface area contributed by atoms with E-state index in [0.29, 0.717) is 6.04 Å². The van der Waals surface area contributed by atoms with Crippen molar-refractivity contribution >= 4 is 22.6 Å². The van der Waals surface area contributed by atoms with Crippen molar-refractivity contribution in [1.82, 2.24) is 25.0 Å². The molecule has 1 aromatic carbocycles. The molecule has 3 heterocycles. The fraction of sp³-hybridized carbons (Fsp3) is 0.409. The van der Waals surface area contributed by atoms with Crippen LogP contribution in [0.5, 0.6) is 0 Å². The first-order valence-electron chi connectivity index (χ1n) is 10.3. The highest BCUT2D eigenvalue weighted by Gasteiger charge is 2.24. The number of nitrogens with one attached hydrogen (secondary N) is 2. The van der Waals surface area contributed by atoms with E-state index < -0.39 is 0 Å². The van der Waals surface area contributed by atoms with E-state index >= 15 is 0 Å². The number of carbonyl (C=O) groups is 1. The Balaban J connectivity index is 1.30. The molecule has 2 aromatic heterocycles. The maximum absolute atomic E-state index is 12.5. The number of urea groups is 1. The summed E-state index contributed by atoms with van der Waals surface area (Å²) in [7, 11) is 0. The lowest BCUT2D eigenvalue weighted by Crippen LogP contribution is -2.46. The van der Waals surface area contributed by atoms with E-state index in [1.165, 1.54) is 5.56 Å². The van der Waals surface area contributed by atoms with Crippen LogP contribution < -0.4 is 10.6 Å². The zero-order chi connectivity index (χ0) is 20.2. The second-order valence-corrected chi connectivity index (χ2v) is 7.60. The normalized spacial score (nSPS) is 16.6. The van der Waals surface area contributed by atoms with E-state index in [-0.39, 0.29) is 12.1 Å². The highest BCUT2D eigenvalue weighted by Crippen LogP contribution is 2.24. The fourth-order valence-electron chi connectivity index (χ4n) is 4.04. The molecule has 0 saturated carbocycles. The Morgan fingerprint density at radius 1 is 1.21 bits per heavy atom. The number of nitrogens with zero attached hydrogens (tertiary/aromatic N) is 4. The van der Waals surface area contributed by atoms with Gasteiger partial charge in [0.1, 0.15) is 0 Å². The van der Waals surface area contributed by atoms with Crippen LogP contribution in [0, 0.1) is 0 Å². The number of carbonyl (C=O) groups excluding carboxylic acids is 1. The van der Waals surface area contributed by atoms with Crippen LogP contribution in [-0.4, -0.2) is 44.8 Å². The Morgan fingerprint density at radius 2 is 1.97 bits per heavy atom. The van der Waals surface area contributed by atoms with Gasteiger partial charge in [-0.15, -0.1) is 0 Å². The summed E-state index contributed by atoms with van der Waals surface area (Å²) in [5.41, 5.74) is 3.10. The maximum Gasteiger partial charge on any atom is 0.319 e. The molecule has 152 valence electrons. The summed E-state index contributed by atoms with van der Waals surface area (Å²) in [5, 5.41) is 11.5. The van der Waals surface area contributed by atoms with E-state index in [2.05, 4.69) is 51.6 Å². The molecule has 0 radical (unpaired) electrons. The lowest BCUT2D eigenvalue weighted by Gasteiger charge is -2.36. The third-order valence-electron chi connectivity index (χ3n) is 5.80. The molecule has 1 atom stereocenters. The standard InChI is InChI=1S/C22H28N6O/c1-3-28-21-14-20(5-4-18(21)15-24-28)26-22(29)25-19-8-12-27(13-9-19)16(2)17-6-10-23-11-7-17/h4-7,10-11,14-16,19H,3,8-9,12-13H2,1-2H3,(H2,25,26,29). The molecule has 1 unspecified atom stereocenters. The monoisotopic (exact) mass is 392 g/mol. The van der Waals surface area contributed by atoms with E-state index in [9.17, 15) is 4.79 Å². The molecule has 4 rings (SSSR count). The van der Waals surface area contributed by atoms with Crippen LogP contribution in [0.1, 0.15) is 38.3 Å². The Morgan fingerprint density at radius 3 is 2.69 bits per heavy atom. The molecule has 1 aliphatic rings. The first-order valence-corrected chi connectivity index (χ1v) is 10.3. The maximum atomic E-state index is 12.5. The smallest absolute Gasteiger partial charge is 0.319 e. The molecular formula is C22H28N6O. The molecule has 1 fully saturated rings. The molecule has 0 aliphatic carbocycles. The third-order valence-corrected chi connectivity index (χ3v) is 5.80. The van der Waals surface area contributed by atoms with Gasteiger partial charge in [0.25, 0.3) is 0 Å². The summed E-state index contributed by atoms with van der Waals surface area (Å²) < 4.78 is 1.93. The molecular weight excluding hydrogens is 364 g/mol. The first-order chi connectivity index (χ1) is 14.1. The number of hydrogen-bond donors (Lipinski definition) is 2. The van der Waals surface area contributed by atoms with Crippen molar-refractivity contribution in [3.05, 3.63) is 54.5 Å². The third kappa shape index (κ3) is 4.40. The number of likely N-dealkylation sites (tertiary alicyclic amines) is 1. The highest BCUT2D eigenvalue weighted by molar-refractivity contribution is 5.92. The Bertz CT molecular complexity index is 962. The van der Waals surface area contributed by atoms with Crippen LogP contribution in [0.2, 0.25) is 0 Å². The average molecular weight is 393 g/mol. The predicted octanol–water partition coefficient (Wildman–Crippen LogP) is 3.80. The SMILES string of the molecule is CCn1ncc2ccc(NC(=O)NC3CCN(C(C)c4ccncc4)CC3)cc21. The van der Waals surface area contributed by atoms with Crippen LogP contribution in [-0.2, 0) is 6.54 Å². The van der Waals surface area contributed by atoms with Gasteiger partial charge in [-0.3, -0.25) is 14.6 Å². The van der Waals surface area contributed by atoms with Gasteiger partial charge in [0.2, 0.25) is 0 Å². The zero-order valence-corrected chi connectivity index (χ0v) is 17.0. The van der Waals surface area contributed by atoms with E-state index in [1.807, 2.05) is 41.5 Å². The molecule has 1 saturated heterocycles. The van der Waals surface area contributed by atoms with Crippen LogP contribution in [0.25, 0.3) is 10.9 Å². The summed E-state index contributed by atoms with van der Waals surface area (Å²) in [5.74, 6) is 0. The number of pyridine rings is 1. The van der Waals surface area contributed by atoms with Gasteiger partial charge in [-0.2, -0.15) is 5.10 Å². The number of amides is 2. The minimum Gasteiger partial charge on any atom is -0.335 e. The Hall–Kier alpha value is -2.93. The van der Waals surface area contributed by atoms with Crippen LogP contribution in [0.15, 0.2) is 48.9 Å². The predicted molar refractivity (Wildman–Crippen MR) is 115 cm³/mol. The van der Waals surface area contributed by atoms with Gasteiger partial charge in [-0.25, -0.2) is 4.79 Å². The van der Waals surface area contributed by atoms with Gasteiger partial charge in [0, 0.05) is 55.2 Å². The Kier molecular flexibility index (Phi) is 5.76. The van der Waals surface area contributed by atoms with Crippen molar-refractivity contribution in [2.45, 2.75) is 45.3 Å². The van der Waals surface area contributed by atoms with Crippen molar-refractivity contribution in [1.29, 1.82) is 0 Å². The lowest BCUT2D eigenvalue weighted by molar-refractivity contribution is 0.154. The van der Waals surface area contributed by atoms with Crippen LogP contribution >= 0.6 is 0 Å². The average Bonchev–Trinajstić information content (AvgIpc) is 3.16. The number of fused-ring (bicyclic) bond motifs is 1. The van der Waals surface area contributed by atoms with Crippen molar-refractivity contribution in [2.24, 2.45) is 0 Å². The fourth-order valence-corrected chi connectivity index (χ4v) is 4.04. The summed E-state index contributed by atoms with van der Waals surface area (Å²) in [6, 6.07) is 10.4. The van der Waals surface area contributed by atoms with Crippen molar-refractivity contribution in [3.8, 4) is 0 Å². The van der Waals surface area contributed by atoms with E-state index in [4.69, 9.17) is 0 Å². The van der Waals surface area contributed by atoms with Gasteiger partial charge in [-0.05, 0) is 62.6 Å². The molecule has 0 bridgehead atoms. The zero-order valence-electron chi connectivity index (χ0n) is 17.0. The van der Waals surface area contributed by atoms with Gasteiger partial charge in [0.05, 0.1) is 11.7 Å². The van der Waals surface area contributed by atoms with Gasteiger partial charge < -0.3 is 10.6 Å². The molecule has 7 nitrogen and oxygen atoms in total. The van der Waals surface area contributed by atoms with Gasteiger partial charge in [0.15, 0.2) is 0 Å². The van der Waals surface area contributed by atoms with Crippen LogP contribution in [0.3, 0.4) is 0 Å². The van der Waals surface area contributed by atoms with Crippen molar-refractivity contribution < 1.29 is 4.79 Å². The quantitative estimate of drug-likeness (QED) is 0.693. The number of benzene rings is 1. The number of anilines is 1. The molecule has 2 amide bonds. The molecule has 0 spiro atoms. The number of aromatic nitrogens is 3. The lowest BCUT2D eigenvalue weighted by atomic mass is 10.0. The van der Waals surface area contributed by atoms with Crippen LogP contribution in [0.4, 0.5) is 10.5 Å².